The summed E-state index contributed by atoms with van der Waals surface area (Å²) in [5.41, 5.74) is -0.104. The quantitative estimate of drug-likeness (QED) is 0.590. The molecular formula is C15H28NO3S+. The Hall–Kier alpha value is -0.710. The van der Waals surface area contributed by atoms with Crippen molar-refractivity contribution >= 4 is 22.8 Å². The van der Waals surface area contributed by atoms with E-state index in [-0.39, 0.29) is 39.5 Å². The van der Waals surface area contributed by atoms with Gasteiger partial charge < -0.3 is 9.64 Å². The Kier molecular flexibility index (Phi) is 5.92. The van der Waals surface area contributed by atoms with Crippen LogP contribution in [0.1, 0.15) is 41.5 Å². The second-order valence-electron chi connectivity index (χ2n) is 6.68. The molecule has 0 radical (unpaired) electrons. The molecule has 1 fully saturated rings. The van der Waals surface area contributed by atoms with Crippen LogP contribution in [0.5, 0.6) is 0 Å². The summed E-state index contributed by atoms with van der Waals surface area (Å²) in [6.45, 7) is 13.2. The van der Waals surface area contributed by atoms with E-state index in [1.165, 1.54) is 0 Å². The standard InChI is InChI=1S/C15H28NO3S/c1-11(2)19-14(18)13(15(4,5)6)20-9-7-16(8-10-20)12(3)17/h11,13H,7-10H2,1-6H3/q+1. The molecule has 0 spiro atoms. The summed E-state index contributed by atoms with van der Waals surface area (Å²) in [6.07, 6.45) is -0.0746. The summed E-state index contributed by atoms with van der Waals surface area (Å²) in [6, 6.07) is 0. The van der Waals surface area contributed by atoms with Crippen molar-refractivity contribution in [2.75, 3.05) is 24.6 Å². The summed E-state index contributed by atoms with van der Waals surface area (Å²) in [5, 5.41) is -0.0704. The molecule has 0 bridgehead atoms. The number of carbonyl (C=O) groups excluding carboxylic acids is 2. The van der Waals surface area contributed by atoms with E-state index in [0.29, 0.717) is 0 Å². The van der Waals surface area contributed by atoms with Crippen molar-refractivity contribution in [1.82, 2.24) is 4.90 Å². The van der Waals surface area contributed by atoms with Gasteiger partial charge in [0.1, 0.15) is 11.5 Å². The van der Waals surface area contributed by atoms with Crippen LogP contribution in [0.2, 0.25) is 0 Å². The largest absolute Gasteiger partial charge is 0.459 e. The molecule has 4 nitrogen and oxygen atoms in total. The van der Waals surface area contributed by atoms with Crippen LogP contribution in [0.3, 0.4) is 0 Å². The number of hydrogen-bond donors (Lipinski definition) is 0. The molecule has 5 heteroatoms. The van der Waals surface area contributed by atoms with Gasteiger partial charge in [0.15, 0.2) is 0 Å². The summed E-state index contributed by atoms with van der Waals surface area (Å²) in [4.78, 5) is 25.7. The number of carbonyl (C=O) groups is 2. The fourth-order valence-electron chi connectivity index (χ4n) is 2.50. The molecular weight excluding hydrogens is 274 g/mol. The maximum absolute atomic E-state index is 12.4. The van der Waals surface area contributed by atoms with Gasteiger partial charge in [0, 0.05) is 23.2 Å². The molecule has 1 heterocycles. The third-order valence-corrected chi connectivity index (χ3v) is 6.36. The molecule has 20 heavy (non-hydrogen) atoms. The van der Waals surface area contributed by atoms with Gasteiger partial charge in [0.25, 0.3) is 0 Å². The Balaban J connectivity index is 2.76. The van der Waals surface area contributed by atoms with Crippen molar-refractivity contribution in [2.45, 2.75) is 52.9 Å². The van der Waals surface area contributed by atoms with E-state index in [1.807, 2.05) is 18.7 Å². The highest BCUT2D eigenvalue weighted by atomic mass is 32.2. The number of hydrogen-bond acceptors (Lipinski definition) is 3. The fraction of sp³-hybridized carbons (Fsp3) is 0.867. The van der Waals surface area contributed by atoms with Crippen molar-refractivity contribution in [2.24, 2.45) is 5.41 Å². The maximum atomic E-state index is 12.4. The Labute approximate surface area is 125 Å². The van der Waals surface area contributed by atoms with Crippen LogP contribution < -0.4 is 0 Å². The van der Waals surface area contributed by atoms with Crippen LogP contribution in [0.15, 0.2) is 0 Å². The van der Waals surface area contributed by atoms with Crippen LogP contribution >= 0.6 is 0 Å². The number of amides is 1. The molecule has 0 aromatic carbocycles. The van der Waals surface area contributed by atoms with Gasteiger partial charge >= 0.3 is 5.97 Å². The Morgan fingerprint density at radius 2 is 1.65 bits per heavy atom. The molecule has 1 rings (SSSR count). The minimum atomic E-state index is -0.104. The SMILES string of the molecule is CC(=O)N1CC[S+](C(C(=O)OC(C)C)C(C)(C)C)CC1. The Bertz CT molecular complexity index is 355. The summed E-state index contributed by atoms with van der Waals surface area (Å²) in [5.74, 6) is 1.88. The predicted molar refractivity (Wildman–Crippen MR) is 83.8 cm³/mol. The normalized spacial score (nSPS) is 19.1. The van der Waals surface area contributed by atoms with Gasteiger partial charge in [-0.1, -0.05) is 20.8 Å². The monoisotopic (exact) mass is 302 g/mol. The first-order valence-corrected chi connectivity index (χ1v) is 8.88. The average Bonchev–Trinajstić information content (AvgIpc) is 2.26. The van der Waals surface area contributed by atoms with Gasteiger partial charge in [0.05, 0.1) is 19.2 Å². The minimum Gasteiger partial charge on any atom is -0.459 e. The van der Waals surface area contributed by atoms with Crippen LogP contribution in [0.4, 0.5) is 0 Å². The zero-order valence-corrected chi connectivity index (χ0v) is 14.4. The van der Waals surface area contributed by atoms with Crippen LogP contribution in [-0.4, -0.2) is 52.7 Å². The van der Waals surface area contributed by atoms with Crippen molar-refractivity contribution in [3.63, 3.8) is 0 Å². The number of nitrogens with zero attached hydrogens (tertiary/aromatic N) is 1. The number of esters is 1. The Morgan fingerprint density at radius 1 is 1.15 bits per heavy atom. The molecule has 0 aliphatic carbocycles. The molecule has 0 N–H and O–H groups in total. The van der Waals surface area contributed by atoms with Crippen molar-refractivity contribution in [3.05, 3.63) is 0 Å². The average molecular weight is 302 g/mol. The highest BCUT2D eigenvalue weighted by Crippen LogP contribution is 2.30. The zero-order chi connectivity index (χ0) is 15.5. The lowest BCUT2D eigenvalue weighted by Gasteiger charge is -2.33. The van der Waals surface area contributed by atoms with Gasteiger partial charge in [-0.25, -0.2) is 4.79 Å². The molecule has 116 valence electrons. The predicted octanol–water partition coefficient (Wildman–Crippen LogP) is 1.83. The minimum absolute atomic E-state index is 0.00409. The van der Waals surface area contributed by atoms with Crippen molar-refractivity contribution in [3.8, 4) is 0 Å². The number of ether oxygens (including phenoxy) is 1. The lowest BCUT2D eigenvalue weighted by atomic mass is 9.92. The topological polar surface area (TPSA) is 46.6 Å². The lowest BCUT2D eigenvalue weighted by molar-refractivity contribution is -0.148. The second kappa shape index (κ2) is 6.83. The second-order valence-corrected chi connectivity index (χ2v) is 9.05. The smallest absolute Gasteiger partial charge is 0.360 e. The first kappa shape index (κ1) is 17.3. The van der Waals surface area contributed by atoms with Gasteiger partial charge in [-0.3, -0.25) is 4.79 Å². The highest BCUT2D eigenvalue weighted by molar-refractivity contribution is 7.98. The third kappa shape index (κ3) is 4.69. The fourth-order valence-corrected chi connectivity index (χ4v) is 5.42. The molecule has 0 aromatic heterocycles. The number of rotatable bonds is 3. The molecule has 0 aromatic rings. The lowest BCUT2D eigenvalue weighted by Crippen LogP contribution is -2.52. The van der Waals surface area contributed by atoms with E-state index in [1.54, 1.807) is 6.92 Å². The van der Waals surface area contributed by atoms with Crippen molar-refractivity contribution < 1.29 is 14.3 Å². The molecule has 1 atom stereocenters. The van der Waals surface area contributed by atoms with E-state index in [2.05, 4.69) is 20.8 Å². The van der Waals surface area contributed by atoms with E-state index >= 15 is 0 Å². The van der Waals surface area contributed by atoms with Crippen LogP contribution in [0.25, 0.3) is 0 Å². The van der Waals surface area contributed by atoms with E-state index in [4.69, 9.17) is 4.74 Å². The summed E-state index contributed by atoms with van der Waals surface area (Å²) >= 11 is 0. The summed E-state index contributed by atoms with van der Waals surface area (Å²) in [7, 11) is -0.00409. The van der Waals surface area contributed by atoms with Gasteiger partial charge in [-0.15, -0.1) is 0 Å². The molecule has 1 saturated heterocycles. The van der Waals surface area contributed by atoms with Crippen molar-refractivity contribution in [1.29, 1.82) is 0 Å². The highest BCUT2D eigenvalue weighted by Gasteiger charge is 2.48. The van der Waals surface area contributed by atoms with E-state index < -0.39 is 0 Å². The van der Waals surface area contributed by atoms with Gasteiger partial charge in [-0.2, -0.15) is 0 Å². The molecule has 1 aliphatic heterocycles. The zero-order valence-electron chi connectivity index (χ0n) is 13.6. The third-order valence-electron chi connectivity index (χ3n) is 3.38. The van der Waals surface area contributed by atoms with E-state index in [9.17, 15) is 9.59 Å². The van der Waals surface area contributed by atoms with E-state index in [0.717, 1.165) is 24.6 Å². The van der Waals surface area contributed by atoms with Crippen LogP contribution in [0, 0.1) is 5.41 Å². The van der Waals surface area contributed by atoms with Crippen LogP contribution in [-0.2, 0) is 25.2 Å². The van der Waals surface area contributed by atoms with Gasteiger partial charge in [-0.05, 0) is 13.8 Å². The first-order chi connectivity index (χ1) is 9.12. The maximum Gasteiger partial charge on any atom is 0.360 e. The molecule has 0 saturated carbocycles. The Morgan fingerprint density at radius 3 is 2.00 bits per heavy atom. The molecule has 1 aliphatic rings. The first-order valence-electron chi connectivity index (χ1n) is 7.25. The molecule has 1 unspecified atom stereocenters. The van der Waals surface area contributed by atoms with Gasteiger partial charge in [0.2, 0.25) is 11.2 Å². The summed E-state index contributed by atoms with van der Waals surface area (Å²) < 4.78 is 5.45. The molecule has 1 amide bonds.